The minimum absolute atomic E-state index is 0.0436. The predicted octanol–water partition coefficient (Wildman–Crippen LogP) is 2.40. The largest absolute Gasteiger partial charge is 0.414 e. The summed E-state index contributed by atoms with van der Waals surface area (Å²) < 4.78 is 5.18. The van der Waals surface area contributed by atoms with Gasteiger partial charge in [0.05, 0.1) is 11.9 Å². The summed E-state index contributed by atoms with van der Waals surface area (Å²) in [7, 11) is 0. The quantitative estimate of drug-likeness (QED) is 0.831. The number of rotatable bonds is 2. The van der Waals surface area contributed by atoms with E-state index in [0.717, 1.165) is 25.7 Å². The van der Waals surface area contributed by atoms with Crippen molar-refractivity contribution in [3.63, 3.8) is 0 Å². The van der Waals surface area contributed by atoms with E-state index in [4.69, 9.17) is 10.5 Å². The first kappa shape index (κ1) is 15.3. The van der Waals surface area contributed by atoms with Gasteiger partial charge >= 0.3 is 6.09 Å². The first-order valence-corrected chi connectivity index (χ1v) is 7.76. The second kappa shape index (κ2) is 6.64. The number of nitrogens with one attached hydrogen (secondary N) is 1. The van der Waals surface area contributed by atoms with Gasteiger partial charge in [-0.25, -0.2) is 14.8 Å². The molecule has 0 aliphatic heterocycles. The molecule has 6 heteroatoms. The molecule has 6 nitrogen and oxygen atoms in total. The summed E-state index contributed by atoms with van der Waals surface area (Å²) >= 11 is 0. The zero-order valence-electron chi connectivity index (χ0n) is 13.1. The van der Waals surface area contributed by atoms with E-state index >= 15 is 0 Å². The molecule has 0 saturated heterocycles. The molecule has 1 aliphatic rings. The third-order valence-electron chi connectivity index (χ3n) is 3.98. The van der Waals surface area contributed by atoms with Gasteiger partial charge in [0.2, 0.25) is 0 Å². The second-order valence-electron chi connectivity index (χ2n) is 5.80. The number of carbonyl (C=O) groups is 1. The Balaban J connectivity index is 1.64. The SMILES string of the molecule is Cc1cnc(OC(=O)NC2CCCc3ccccc3C2)c(N)n1. The molecule has 120 valence electrons. The summed E-state index contributed by atoms with van der Waals surface area (Å²) in [6.07, 6.45) is 4.77. The number of nitrogens with two attached hydrogens (primary N) is 1. The maximum absolute atomic E-state index is 12.1. The fraction of sp³-hybridized carbons (Fsp3) is 0.353. The van der Waals surface area contributed by atoms with Gasteiger partial charge in [-0.3, -0.25) is 0 Å². The first-order valence-electron chi connectivity index (χ1n) is 7.76. The Kier molecular flexibility index (Phi) is 4.41. The topological polar surface area (TPSA) is 90.1 Å². The van der Waals surface area contributed by atoms with E-state index in [0.29, 0.717) is 5.69 Å². The Morgan fingerprint density at radius 3 is 2.91 bits per heavy atom. The van der Waals surface area contributed by atoms with E-state index in [9.17, 15) is 4.79 Å². The number of hydrogen-bond donors (Lipinski definition) is 2. The molecule has 1 unspecified atom stereocenters. The normalized spacial score (nSPS) is 17.0. The number of benzene rings is 1. The van der Waals surface area contributed by atoms with Crippen LogP contribution in [0.1, 0.15) is 29.7 Å². The van der Waals surface area contributed by atoms with Gasteiger partial charge in [-0.2, -0.15) is 0 Å². The highest BCUT2D eigenvalue weighted by atomic mass is 16.6. The van der Waals surface area contributed by atoms with Crippen LogP contribution in [0.2, 0.25) is 0 Å². The van der Waals surface area contributed by atoms with Crippen molar-refractivity contribution in [2.75, 3.05) is 5.73 Å². The molecule has 0 fully saturated rings. The molecule has 1 aliphatic carbocycles. The molecule has 0 saturated carbocycles. The standard InChI is InChI=1S/C17H20N4O2/c1-11-10-19-16(15(18)20-11)23-17(22)21-14-8-4-7-12-5-2-3-6-13(12)9-14/h2-3,5-6,10,14H,4,7-9H2,1H3,(H2,18,20)(H,21,22). The fourth-order valence-corrected chi connectivity index (χ4v) is 2.88. The zero-order chi connectivity index (χ0) is 16.2. The van der Waals surface area contributed by atoms with Crippen LogP contribution in [0.3, 0.4) is 0 Å². The number of nitrogens with zero attached hydrogens (tertiary/aromatic N) is 2. The van der Waals surface area contributed by atoms with Crippen molar-refractivity contribution in [3.8, 4) is 5.88 Å². The summed E-state index contributed by atoms with van der Waals surface area (Å²) in [5.74, 6) is 0.161. The number of ether oxygens (including phenoxy) is 1. The van der Waals surface area contributed by atoms with E-state index < -0.39 is 6.09 Å². The lowest BCUT2D eigenvalue weighted by atomic mass is 10.0. The summed E-state index contributed by atoms with van der Waals surface area (Å²) in [4.78, 5) is 20.1. The molecular formula is C17H20N4O2. The smallest absolute Gasteiger partial charge is 0.387 e. The fourth-order valence-electron chi connectivity index (χ4n) is 2.88. The van der Waals surface area contributed by atoms with Gasteiger partial charge in [-0.15, -0.1) is 0 Å². The molecule has 0 radical (unpaired) electrons. The third-order valence-corrected chi connectivity index (χ3v) is 3.98. The summed E-state index contributed by atoms with van der Waals surface area (Å²) in [6.45, 7) is 1.77. The van der Waals surface area contributed by atoms with Crippen molar-refractivity contribution in [1.29, 1.82) is 0 Å². The van der Waals surface area contributed by atoms with Gasteiger partial charge in [0.1, 0.15) is 0 Å². The molecule has 3 N–H and O–H groups in total. The van der Waals surface area contributed by atoms with Crippen LogP contribution >= 0.6 is 0 Å². The van der Waals surface area contributed by atoms with Gasteiger partial charge in [0, 0.05) is 6.04 Å². The van der Waals surface area contributed by atoms with Crippen molar-refractivity contribution in [2.45, 2.75) is 38.6 Å². The second-order valence-corrected chi connectivity index (χ2v) is 5.80. The highest BCUT2D eigenvalue weighted by Crippen LogP contribution is 2.21. The van der Waals surface area contributed by atoms with Crippen LogP contribution in [-0.4, -0.2) is 22.1 Å². The van der Waals surface area contributed by atoms with E-state index in [1.165, 1.54) is 17.3 Å². The Bertz CT molecular complexity index is 717. The lowest BCUT2D eigenvalue weighted by Gasteiger charge is -2.16. The lowest BCUT2D eigenvalue weighted by molar-refractivity contribution is 0.193. The van der Waals surface area contributed by atoms with E-state index in [1.54, 1.807) is 6.92 Å². The van der Waals surface area contributed by atoms with Gasteiger partial charge < -0.3 is 15.8 Å². The lowest BCUT2D eigenvalue weighted by Crippen LogP contribution is -2.38. The van der Waals surface area contributed by atoms with E-state index in [2.05, 4.69) is 33.5 Å². The minimum Gasteiger partial charge on any atom is -0.387 e. The molecule has 1 heterocycles. The highest BCUT2D eigenvalue weighted by molar-refractivity contribution is 5.71. The molecule has 1 aromatic carbocycles. The first-order chi connectivity index (χ1) is 11.1. The number of aromatic nitrogens is 2. The average Bonchev–Trinajstić information content (AvgIpc) is 2.71. The van der Waals surface area contributed by atoms with Gasteiger partial charge in [-0.05, 0) is 43.7 Å². The summed E-state index contributed by atoms with van der Waals surface area (Å²) in [5.41, 5.74) is 9.03. The van der Waals surface area contributed by atoms with Crippen LogP contribution in [-0.2, 0) is 12.8 Å². The number of fused-ring (bicyclic) bond motifs is 1. The van der Waals surface area contributed by atoms with Crippen molar-refractivity contribution >= 4 is 11.9 Å². The summed E-state index contributed by atoms with van der Waals surface area (Å²) in [5, 5.41) is 2.91. The number of amides is 1. The van der Waals surface area contributed by atoms with Crippen LogP contribution in [0.25, 0.3) is 0 Å². The molecule has 3 rings (SSSR count). The zero-order valence-corrected chi connectivity index (χ0v) is 13.1. The number of anilines is 1. The Morgan fingerprint density at radius 1 is 1.35 bits per heavy atom. The van der Waals surface area contributed by atoms with E-state index in [-0.39, 0.29) is 17.7 Å². The molecule has 1 atom stereocenters. The van der Waals surface area contributed by atoms with Crippen LogP contribution in [0.15, 0.2) is 30.5 Å². The maximum atomic E-state index is 12.1. The average molecular weight is 312 g/mol. The molecule has 23 heavy (non-hydrogen) atoms. The molecule has 1 amide bonds. The Morgan fingerprint density at radius 2 is 2.13 bits per heavy atom. The number of hydrogen-bond acceptors (Lipinski definition) is 5. The third kappa shape index (κ3) is 3.77. The Labute approximate surface area is 135 Å². The molecule has 1 aromatic heterocycles. The van der Waals surface area contributed by atoms with E-state index in [1.807, 2.05) is 6.07 Å². The van der Waals surface area contributed by atoms with Gasteiger partial charge in [0.15, 0.2) is 5.82 Å². The minimum atomic E-state index is -0.542. The van der Waals surface area contributed by atoms with Crippen LogP contribution in [0.4, 0.5) is 10.6 Å². The molecule has 0 bridgehead atoms. The number of carbonyl (C=O) groups excluding carboxylic acids is 1. The highest BCUT2D eigenvalue weighted by Gasteiger charge is 2.20. The van der Waals surface area contributed by atoms with Crippen molar-refractivity contribution in [1.82, 2.24) is 15.3 Å². The van der Waals surface area contributed by atoms with Gasteiger partial charge in [-0.1, -0.05) is 24.3 Å². The van der Waals surface area contributed by atoms with Crippen molar-refractivity contribution in [2.24, 2.45) is 0 Å². The van der Waals surface area contributed by atoms with Crippen LogP contribution in [0.5, 0.6) is 5.88 Å². The molecule has 0 spiro atoms. The number of nitrogen functional groups attached to an aromatic ring is 1. The number of aryl methyl sites for hydroxylation is 2. The molecule has 2 aromatic rings. The van der Waals surface area contributed by atoms with Crippen molar-refractivity contribution < 1.29 is 9.53 Å². The monoisotopic (exact) mass is 312 g/mol. The van der Waals surface area contributed by atoms with Gasteiger partial charge in [0.25, 0.3) is 5.88 Å². The maximum Gasteiger partial charge on any atom is 0.414 e. The van der Waals surface area contributed by atoms with Crippen LogP contribution in [0, 0.1) is 6.92 Å². The predicted molar refractivity (Wildman–Crippen MR) is 87.2 cm³/mol. The molecular weight excluding hydrogens is 292 g/mol. The van der Waals surface area contributed by atoms with Crippen LogP contribution < -0.4 is 15.8 Å². The summed E-state index contributed by atoms with van der Waals surface area (Å²) in [6, 6.07) is 8.40. The van der Waals surface area contributed by atoms with Crippen molar-refractivity contribution in [3.05, 3.63) is 47.3 Å². The Hall–Kier alpha value is -2.63.